The maximum absolute atomic E-state index is 13.6. The fourth-order valence-corrected chi connectivity index (χ4v) is 5.46. The summed E-state index contributed by atoms with van der Waals surface area (Å²) in [7, 11) is 0. The molecule has 2 heterocycles. The number of likely N-dealkylation sites (tertiary alicyclic amines) is 1. The van der Waals surface area contributed by atoms with Gasteiger partial charge in [0.05, 0.1) is 23.1 Å². The zero-order valence-electron chi connectivity index (χ0n) is 20.2. The van der Waals surface area contributed by atoms with Gasteiger partial charge in [0.2, 0.25) is 5.91 Å². The summed E-state index contributed by atoms with van der Waals surface area (Å²) < 4.78 is 40.7. The predicted molar refractivity (Wildman–Crippen MR) is 125 cm³/mol. The number of carbonyl (C=O) groups excluding carboxylic acids is 2. The molecule has 1 spiro atoms. The lowest BCUT2D eigenvalue weighted by molar-refractivity contribution is -0.137. The Bertz CT molecular complexity index is 1010. The van der Waals surface area contributed by atoms with E-state index in [1.807, 2.05) is 23.6 Å². The number of anilines is 1. The highest BCUT2D eigenvalue weighted by Gasteiger charge is 2.52. The molecule has 3 fully saturated rings. The van der Waals surface area contributed by atoms with Crippen molar-refractivity contribution in [1.29, 1.82) is 5.26 Å². The third kappa shape index (κ3) is 5.04. The normalized spacial score (nSPS) is 21.7. The second-order valence-corrected chi connectivity index (χ2v) is 9.86. The lowest BCUT2D eigenvalue weighted by Crippen LogP contribution is -2.52. The number of alkyl halides is 3. The van der Waals surface area contributed by atoms with E-state index in [0.717, 1.165) is 18.9 Å². The minimum absolute atomic E-state index is 0.0133. The third-order valence-corrected chi connectivity index (χ3v) is 7.75. The van der Waals surface area contributed by atoms with E-state index in [0.29, 0.717) is 57.8 Å². The van der Waals surface area contributed by atoms with Crippen LogP contribution in [0.5, 0.6) is 0 Å². The summed E-state index contributed by atoms with van der Waals surface area (Å²) >= 11 is 0. The van der Waals surface area contributed by atoms with Gasteiger partial charge in [-0.05, 0) is 57.7 Å². The minimum Gasteiger partial charge on any atom is -0.370 e. The number of nitrogens with one attached hydrogen (secondary N) is 1. The first-order valence-corrected chi connectivity index (χ1v) is 12.3. The molecule has 0 bridgehead atoms. The number of piperidine rings is 1. The molecule has 1 saturated carbocycles. The molecule has 35 heavy (non-hydrogen) atoms. The Morgan fingerprint density at radius 2 is 1.86 bits per heavy atom. The second-order valence-electron chi connectivity index (χ2n) is 9.86. The van der Waals surface area contributed by atoms with Gasteiger partial charge in [-0.25, -0.2) is 4.79 Å². The van der Waals surface area contributed by atoms with Gasteiger partial charge in [0.15, 0.2) is 0 Å². The standard InChI is InChI=1S/C25H32F3N5O2/c1-3-31(4-2)23(35)32-11-9-24(10-12-32)16-33(15-21(24)22(34)30-18-6-7-18)19-8-5-17(14-29)20(13-19)25(26,27)28/h5,8,13,18,21H,3-4,6-7,9-12,15-16H2,1-2H3,(H,30,34). The van der Waals surface area contributed by atoms with E-state index in [9.17, 15) is 22.8 Å². The number of benzene rings is 1. The fraction of sp³-hybridized carbons (Fsp3) is 0.640. The average molecular weight is 492 g/mol. The lowest BCUT2D eigenvalue weighted by atomic mass is 9.70. The smallest absolute Gasteiger partial charge is 0.370 e. The Labute approximate surface area is 203 Å². The van der Waals surface area contributed by atoms with Crippen molar-refractivity contribution in [2.75, 3.05) is 44.2 Å². The Kier molecular flexibility index (Phi) is 6.89. The number of halogens is 3. The van der Waals surface area contributed by atoms with Crippen LogP contribution in [0.25, 0.3) is 0 Å². The number of carbonyl (C=O) groups is 2. The van der Waals surface area contributed by atoms with Crippen molar-refractivity contribution in [2.45, 2.75) is 51.7 Å². The highest BCUT2D eigenvalue weighted by molar-refractivity contribution is 5.82. The highest BCUT2D eigenvalue weighted by Crippen LogP contribution is 2.47. The summed E-state index contributed by atoms with van der Waals surface area (Å²) in [6.07, 6.45) is -1.52. The topological polar surface area (TPSA) is 79.7 Å². The molecule has 3 aliphatic rings. The molecule has 2 saturated heterocycles. The zero-order valence-corrected chi connectivity index (χ0v) is 20.2. The number of hydrogen-bond acceptors (Lipinski definition) is 4. The average Bonchev–Trinajstić information content (AvgIpc) is 3.58. The summed E-state index contributed by atoms with van der Waals surface area (Å²) in [5.74, 6) is -0.429. The van der Waals surface area contributed by atoms with Crippen LogP contribution in [0.2, 0.25) is 0 Å². The van der Waals surface area contributed by atoms with Crippen molar-refractivity contribution < 1.29 is 22.8 Å². The number of urea groups is 1. The first-order valence-electron chi connectivity index (χ1n) is 12.3. The molecule has 4 rings (SSSR count). The molecule has 1 aromatic rings. The predicted octanol–water partition coefficient (Wildman–Crippen LogP) is 3.84. The van der Waals surface area contributed by atoms with Crippen LogP contribution in [0.1, 0.15) is 50.7 Å². The van der Waals surface area contributed by atoms with Gasteiger partial charge >= 0.3 is 12.2 Å². The molecule has 1 aliphatic carbocycles. The maximum Gasteiger partial charge on any atom is 0.417 e. The van der Waals surface area contributed by atoms with E-state index in [2.05, 4.69) is 5.32 Å². The van der Waals surface area contributed by atoms with Crippen molar-refractivity contribution >= 4 is 17.6 Å². The number of nitriles is 1. The van der Waals surface area contributed by atoms with E-state index < -0.39 is 22.7 Å². The number of amides is 3. The summed E-state index contributed by atoms with van der Waals surface area (Å²) in [5.41, 5.74) is -1.44. The van der Waals surface area contributed by atoms with Gasteiger partial charge in [-0.1, -0.05) is 0 Å². The van der Waals surface area contributed by atoms with Crippen molar-refractivity contribution in [2.24, 2.45) is 11.3 Å². The van der Waals surface area contributed by atoms with E-state index in [1.54, 1.807) is 11.0 Å². The van der Waals surface area contributed by atoms with Gasteiger partial charge in [-0.15, -0.1) is 0 Å². The maximum atomic E-state index is 13.6. The van der Waals surface area contributed by atoms with Crippen LogP contribution in [-0.2, 0) is 11.0 Å². The summed E-state index contributed by atoms with van der Waals surface area (Å²) in [5, 5.41) is 12.2. The van der Waals surface area contributed by atoms with E-state index in [1.165, 1.54) is 12.1 Å². The number of rotatable bonds is 5. The molecule has 1 atom stereocenters. The Morgan fingerprint density at radius 1 is 1.20 bits per heavy atom. The lowest BCUT2D eigenvalue weighted by Gasteiger charge is -2.43. The van der Waals surface area contributed by atoms with Crippen molar-refractivity contribution in [3.63, 3.8) is 0 Å². The monoisotopic (exact) mass is 491 g/mol. The summed E-state index contributed by atoms with van der Waals surface area (Å²) in [4.78, 5) is 31.5. The molecule has 0 aromatic heterocycles. The second kappa shape index (κ2) is 9.59. The van der Waals surface area contributed by atoms with Gasteiger partial charge < -0.3 is 20.0 Å². The molecular weight excluding hydrogens is 459 g/mol. The quantitative estimate of drug-likeness (QED) is 0.679. The first kappa shape index (κ1) is 25.1. The van der Waals surface area contributed by atoms with Crippen LogP contribution in [0, 0.1) is 22.7 Å². The summed E-state index contributed by atoms with van der Waals surface area (Å²) in [6.45, 7) is 6.89. The molecule has 10 heteroatoms. The van der Waals surface area contributed by atoms with Crippen LogP contribution < -0.4 is 10.2 Å². The molecule has 190 valence electrons. The molecule has 1 unspecified atom stereocenters. The fourth-order valence-electron chi connectivity index (χ4n) is 5.46. The van der Waals surface area contributed by atoms with Crippen molar-refractivity contribution in [1.82, 2.24) is 15.1 Å². The number of nitrogens with zero attached hydrogens (tertiary/aromatic N) is 4. The molecule has 3 amide bonds. The Balaban J connectivity index is 1.58. The van der Waals surface area contributed by atoms with Crippen LogP contribution in [0.15, 0.2) is 18.2 Å². The summed E-state index contributed by atoms with van der Waals surface area (Å²) in [6, 6.07) is 5.55. The van der Waals surface area contributed by atoms with Crippen molar-refractivity contribution in [3.05, 3.63) is 29.3 Å². The number of hydrogen-bond donors (Lipinski definition) is 1. The van der Waals surface area contributed by atoms with Gasteiger partial charge in [0.1, 0.15) is 0 Å². The first-order chi connectivity index (χ1) is 16.6. The van der Waals surface area contributed by atoms with Crippen LogP contribution in [0.3, 0.4) is 0 Å². The van der Waals surface area contributed by atoms with Crippen LogP contribution in [-0.4, -0.2) is 67.0 Å². The van der Waals surface area contributed by atoms with E-state index in [4.69, 9.17) is 5.26 Å². The highest BCUT2D eigenvalue weighted by atomic mass is 19.4. The molecule has 7 nitrogen and oxygen atoms in total. The Morgan fingerprint density at radius 3 is 2.40 bits per heavy atom. The molecule has 1 aromatic carbocycles. The van der Waals surface area contributed by atoms with Gasteiger partial charge in [0.25, 0.3) is 0 Å². The van der Waals surface area contributed by atoms with Crippen molar-refractivity contribution in [3.8, 4) is 6.07 Å². The largest absolute Gasteiger partial charge is 0.417 e. The Hall–Kier alpha value is -2.96. The van der Waals surface area contributed by atoms with E-state index >= 15 is 0 Å². The minimum atomic E-state index is -4.64. The van der Waals surface area contributed by atoms with E-state index in [-0.39, 0.29) is 23.9 Å². The van der Waals surface area contributed by atoms with Crippen LogP contribution in [0.4, 0.5) is 23.7 Å². The SMILES string of the molecule is CCN(CC)C(=O)N1CCC2(CC1)CN(c1ccc(C#N)c(C(F)(F)F)c1)CC2C(=O)NC1CC1. The molecule has 2 aliphatic heterocycles. The van der Waals surface area contributed by atoms with Crippen LogP contribution >= 0.6 is 0 Å². The van der Waals surface area contributed by atoms with Gasteiger partial charge in [0, 0.05) is 56.4 Å². The molecule has 0 radical (unpaired) electrons. The molecular formula is C25H32F3N5O2. The third-order valence-electron chi connectivity index (χ3n) is 7.75. The van der Waals surface area contributed by atoms with Gasteiger partial charge in [-0.3, -0.25) is 4.79 Å². The molecule has 1 N–H and O–H groups in total. The zero-order chi connectivity index (χ0) is 25.4. The van der Waals surface area contributed by atoms with Gasteiger partial charge in [-0.2, -0.15) is 18.4 Å².